The molecule has 1 saturated heterocycles. The maximum atomic E-state index is 11.8. The van der Waals surface area contributed by atoms with E-state index in [2.05, 4.69) is 22.8 Å². The van der Waals surface area contributed by atoms with Gasteiger partial charge in [0, 0.05) is 12.6 Å². The summed E-state index contributed by atoms with van der Waals surface area (Å²) >= 11 is 0. The number of carbonyl (C=O) groups excluding carboxylic acids is 1. The number of carbonyl (C=O) groups is 1. The quantitative estimate of drug-likeness (QED) is 0.687. The normalized spacial score (nSPS) is 42.1. The first-order valence-corrected chi connectivity index (χ1v) is 6.55. The first kappa shape index (κ1) is 10.3. The number of nitrogens with one attached hydrogen (secondary N) is 2. The Bertz CT molecular complexity index is 313. The number of fused-ring (bicyclic) bond motifs is 1. The fourth-order valence-corrected chi connectivity index (χ4v) is 3.26. The summed E-state index contributed by atoms with van der Waals surface area (Å²) in [6.07, 6.45) is 10.4. The average Bonchev–Trinajstić information content (AvgIpc) is 2.51. The van der Waals surface area contributed by atoms with E-state index in [9.17, 15) is 4.79 Å². The molecule has 0 bridgehead atoms. The minimum absolute atomic E-state index is 0.0578. The van der Waals surface area contributed by atoms with Gasteiger partial charge in [0.1, 0.15) is 0 Å². The van der Waals surface area contributed by atoms with Gasteiger partial charge >= 0.3 is 0 Å². The van der Waals surface area contributed by atoms with E-state index in [1.165, 1.54) is 12.8 Å². The van der Waals surface area contributed by atoms with Gasteiger partial charge in [-0.15, -0.1) is 0 Å². The van der Waals surface area contributed by atoms with Gasteiger partial charge in [-0.25, -0.2) is 0 Å². The lowest BCUT2D eigenvalue weighted by atomic mass is 9.71. The zero-order valence-corrected chi connectivity index (χ0v) is 9.61. The van der Waals surface area contributed by atoms with Crippen molar-refractivity contribution in [1.82, 2.24) is 10.6 Å². The summed E-state index contributed by atoms with van der Waals surface area (Å²) in [4.78, 5) is 11.8. The van der Waals surface area contributed by atoms with Crippen LogP contribution in [-0.2, 0) is 4.79 Å². The molecule has 1 aliphatic heterocycles. The molecular weight excluding hydrogens is 200 g/mol. The van der Waals surface area contributed by atoms with Gasteiger partial charge in [-0.3, -0.25) is 4.79 Å². The molecule has 0 aromatic carbocycles. The van der Waals surface area contributed by atoms with Crippen molar-refractivity contribution in [3.63, 3.8) is 0 Å². The Morgan fingerprint density at radius 1 is 1.38 bits per heavy atom. The van der Waals surface area contributed by atoms with Gasteiger partial charge in [0.05, 0.1) is 6.04 Å². The molecule has 1 heterocycles. The molecular formula is C13H20N2O. The van der Waals surface area contributed by atoms with E-state index in [4.69, 9.17) is 0 Å². The zero-order valence-electron chi connectivity index (χ0n) is 9.61. The van der Waals surface area contributed by atoms with Gasteiger partial charge in [0.15, 0.2) is 0 Å². The molecule has 2 fully saturated rings. The van der Waals surface area contributed by atoms with E-state index in [0.717, 1.165) is 31.7 Å². The van der Waals surface area contributed by atoms with Crippen molar-refractivity contribution >= 4 is 5.91 Å². The number of amides is 1. The molecule has 0 radical (unpaired) electrons. The van der Waals surface area contributed by atoms with Gasteiger partial charge in [-0.2, -0.15) is 0 Å². The Kier molecular flexibility index (Phi) is 2.72. The third kappa shape index (κ3) is 1.77. The molecule has 2 aliphatic carbocycles. The van der Waals surface area contributed by atoms with E-state index in [1.54, 1.807) is 0 Å². The lowest BCUT2D eigenvalue weighted by Crippen LogP contribution is -2.55. The molecule has 4 unspecified atom stereocenters. The van der Waals surface area contributed by atoms with Crippen LogP contribution in [0.15, 0.2) is 12.2 Å². The summed E-state index contributed by atoms with van der Waals surface area (Å²) in [5.41, 5.74) is 0. The van der Waals surface area contributed by atoms with Crippen molar-refractivity contribution in [3.05, 3.63) is 12.2 Å². The number of hydrogen-bond acceptors (Lipinski definition) is 2. The van der Waals surface area contributed by atoms with Crippen LogP contribution in [0, 0.1) is 11.8 Å². The summed E-state index contributed by atoms with van der Waals surface area (Å²) in [5.74, 6) is 1.78. The van der Waals surface area contributed by atoms with Crippen molar-refractivity contribution < 1.29 is 4.79 Å². The van der Waals surface area contributed by atoms with E-state index < -0.39 is 0 Å². The van der Waals surface area contributed by atoms with Crippen molar-refractivity contribution in [2.45, 2.75) is 44.2 Å². The summed E-state index contributed by atoms with van der Waals surface area (Å²) in [6.45, 7) is 0.855. The summed E-state index contributed by atoms with van der Waals surface area (Å²) in [6, 6.07) is 0.611. The summed E-state index contributed by atoms with van der Waals surface area (Å²) < 4.78 is 0. The maximum Gasteiger partial charge on any atom is 0.237 e. The summed E-state index contributed by atoms with van der Waals surface area (Å²) in [7, 11) is 0. The van der Waals surface area contributed by atoms with E-state index in [-0.39, 0.29) is 11.9 Å². The molecule has 1 saturated carbocycles. The third-order valence-electron chi connectivity index (χ3n) is 4.31. The van der Waals surface area contributed by atoms with Crippen molar-refractivity contribution in [3.8, 4) is 0 Å². The molecule has 3 heteroatoms. The molecule has 3 aliphatic rings. The Hall–Kier alpha value is -0.830. The van der Waals surface area contributed by atoms with Gasteiger partial charge in [-0.05, 0) is 43.9 Å². The second kappa shape index (κ2) is 4.21. The number of allylic oxidation sites excluding steroid dienone is 1. The molecule has 0 aromatic rings. The van der Waals surface area contributed by atoms with Crippen molar-refractivity contribution in [2.75, 3.05) is 6.54 Å². The second-order valence-electron chi connectivity index (χ2n) is 5.35. The highest BCUT2D eigenvalue weighted by molar-refractivity contribution is 5.81. The second-order valence-corrected chi connectivity index (χ2v) is 5.35. The van der Waals surface area contributed by atoms with Crippen LogP contribution in [0.5, 0.6) is 0 Å². The predicted molar refractivity (Wildman–Crippen MR) is 62.9 cm³/mol. The molecule has 1 amide bonds. The minimum Gasteiger partial charge on any atom is -0.355 e. The Balaban J connectivity index is 1.57. The van der Waals surface area contributed by atoms with Crippen molar-refractivity contribution in [2.24, 2.45) is 11.8 Å². The zero-order chi connectivity index (χ0) is 11.0. The molecule has 3 nitrogen and oxygen atoms in total. The fourth-order valence-electron chi connectivity index (χ4n) is 3.26. The lowest BCUT2D eigenvalue weighted by Gasteiger charge is -2.42. The summed E-state index contributed by atoms with van der Waals surface area (Å²) in [5, 5.41) is 6.54. The third-order valence-corrected chi connectivity index (χ3v) is 4.31. The van der Waals surface area contributed by atoms with Crippen LogP contribution in [0.1, 0.15) is 32.1 Å². The van der Waals surface area contributed by atoms with Gasteiger partial charge in [-0.1, -0.05) is 12.2 Å². The first-order valence-electron chi connectivity index (χ1n) is 6.55. The molecule has 0 spiro atoms. The Labute approximate surface area is 96.7 Å². The first-order chi connectivity index (χ1) is 7.84. The fraction of sp³-hybridized carbons (Fsp3) is 0.769. The average molecular weight is 220 g/mol. The van der Waals surface area contributed by atoms with Crippen LogP contribution in [0.2, 0.25) is 0 Å². The van der Waals surface area contributed by atoms with Crippen LogP contribution in [0.3, 0.4) is 0 Å². The molecule has 2 N–H and O–H groups in total. The van der Waals surface area contributed by atoms with Crippen LogP contribution >= 0.6 is 0 Å². The minimum atomic E-state index is 0.0578. The Morgan fingerprint density at radius 3 is 3.19 bits per heavy atom. The maximum absolute atomic E-state index is 11.8. The molecule has 16 heavy (non-hydrogen) atoms. The molecule has 4 atom stereocenters. The molecule has 88 valence electrons. The monoisotopic (exact) mass is 220 g/mol. The molecule has 3 rings (SSSR count). The Morgan fingerprint density at radius 2 is 2.31 bits per heavy atom. The standard InChI is InChI=1S/C13H20N2O/c16-13-11(6-1-2-7-14-13)15-12-8-9-4-3-5-10(9)12/h3,5,9-12,15H,1-2,4,6-8H2,(H,14,16). The predicted octanol–water partition coefficient (Wildman–Crippen LogP) is 1.21. The largest absolute Gasteiger partial charge is 0.355 e. The smallest absolute Gasteiger partial charge is 0.237 e. The van der Waals surface area contributed by atoms with Crippen molar-refractivity contribution in [1.29, 1.82) is 0 Å². The van der Waals surface area contributed by atoms with Crippen LogP contribution in [0.4, 0.5) is 0 Å². The molecule has 0 aromatic heterocycles. The number of rotatable bonds is 2. The lowest BCUT2D eigenvalue weighted by molar-refractivity contribution is -0.123. The highest BCUT2D eigenvalue weighted by Crippen LogP contribution is 2.42. The van der Waals surface area contributed by atoms with Gasteiger partial charge in [0.25, 0.3) is 0 Å². The SMILES string of the molecule is O=C1NCCCCC1NC1CC2CC=CC21. The topological polar surface area (TPSA) is 41.1 Å². The van der Waals surface area contributed by atoms with E-state index in [1.807, 2.05) is 0 Å². The highest BCUT2D eigenvalue weighted by Gasteiger charge is 2.42. The highest BCUT2D eigenvalue weighted by atomic mass is 16.2. The number of hydrogen-bond donors (Lipinski definition) is 2. The van der Waals surface area contributed by atoms with E-state index in [0.29, 0.717) is 12.0 Å². The van der Waals surface area contributed by atoms with Gasteiger partial charge in [0.2, 0.25) is 5.91 Å². The van der Waals surface area contributed by atoms with Crippen LogP contribution in [-0.4, -0.2) is 24.5 Å². The van der Waals surface area contributed by atoms with Crippen LogP contribution in [0.25, 0.3) is 0 Å². The van der Waals surface area contributed by atoms with Crippen LogP contribution < -0.4 is 10.6 Å². The van der Waals surface area contributed by atoms with Gasteiger partial charge < -0.3 is 10.6 Å². The van der Waals surface area contributed by atoms with E-state index >= 15 is 0 Å².